The van der Waals surface area contributed by atoms with Gasteiger partial charge < -0.3 is 49.8 Å². The van der Waals surface area contributed by atoms with Crippen LogP contribution in [0, 0.1) is 17.8 Å². The lowest BCUT2D eigenvalue weighted by molar-refractivity contribution is -0.295. The maximum atomic E-state index is 14.6. The topological polar surface area (TPSA) is 230 Å². The third kappa shape index (κ3) is 13.2. The number of benzene rings is 1. The number of aliphatic carboxylic acids is 1. The Hall–Kier alpha value is -3.92. The molecule has 0 bridgehead atoms. The molecule has 2 aromatic rings. The van der Waals surface area contributed by atoms with Gasteiger partial charge >= 0.3 is 18.0 Å². The minimum Gasteiger partial charge on any atom is -0.481 e. The second-order valence-electron chi connectivity index (χ2n) is 18.4. The average Bonchev–Trinajstić information content (AvgIpc) is 3.83. The predicted molar refractivity (Wildman–Crippen MR) is 243 cm³/mol. The van der Waals surface area contributed by atoms with Crippen molar-refractivity contribution >= 4 is 41.7 Å². The van der Waals surface area contributed by atoms with Crippen molar-refractivity contribution in [1.29, 1.82) is 0 Å². The van der Waals surface area contributed by atoms with Gasteiger partial charge in [-0.2, -0.15) is 3.89 Å². The zero-order valence-electron chi connectivity index (χ0n) is 39.8. The van der Waals surface area contributed by atoms with Crippen LogP contribution in [0.3, 0.4) is 0 Å². The fraction of sp³-hybridized carbons (Fsp3) is 0.733. The number of halogens is 1. The molecule has 1 aromatic carbocycles. The first kappa shape index (κ1) is 53.7. The standard InChI is InChI=1S/C44H69N7O11.CH3FS/c1-11-34-44(7)38(51(42(57)62-44)18-13-12-17-50-24-32(47-48-50)29-15-14-16-30(45)20-29)28(5)46-23-25(2)22-43(6,58-10)39(27(4)36(54)31(21-35(52)53)40(56)60-34)61-41-37(55)33(49(8)9)19-26(3)59-41;1-3-2/h14-16,20,24-28,31,33-34,37-39,41,46,55H,11-13,17-19,21-23,45H2,1-10H3,(H,52,53);1H3/t25-,26-,27+,28-,31-,33?,34-,37?,38-,39-,41+,43-,44-;/m1./s1. The number of nitrogens with zero attached hydrogens (tertiary/aromatic N) is 5. The van der Waals surface area contributed by atoms with Crippen LogP contribution in [0.25, 0.3) is 11.3 Å². The van der Waals surface area contributed by atoms with Crippen molar-refractivity contribution in [2.75, 3.05) is 46.3 Å². The first-order valence-electron chi connectivity index (χ1n) is 22.4. The lowest BCUT2D eigenvalue weighted by Crippen LogP contribution is -2.61. The molecule has 3 aliphatic heterocycles. The van der Waals surface area contributed by atoms with Crippen LogP contribution in [-0.2, 0) is 44.6 Å². The number of carboxylic acid groups (broad SMARTS) is 1. The third-order valence-electron chi connectivity index (χ3n) is 13.0. The molecule has 3 aliphatic rings. The number of hydrogen-bond acceptors (Lipinski definition) is 16. The molecule has 18 nitrogen and oxygen atoms in total. The van der Waals surface area contributed by atoms with Gasteiger partial charge in [0.15, 0.2) is 17.7 Å². The lowest BCUT2D eigenvalue weighted by atomic mass is 9.77. The number of rotatable bonds is 13. The molecule has 5 rings (SSSR count). The number of esters is 1. The molecule has 1 aromatic heterocycles. The Balaban J connectivity index is 0.00000300. The van der Waals surface area contributed by atoms with Gasteiger partial charge in [0.05, 0.1) is 36.5 Å². The zero-order chi connectivity index (χ0) is 48.4. The molecule has 0 aliphatic carbocycles. The fourth-order valence-corrected chi connectivity index (χ4v) is 9.71. The number of aryl methyl sites for hydroxylation is 1. The molecular formula is C45H72FN7O11S. The van der Waals surface area contributed by atoms with E-state index in [2.05, 4.69) is 15.6 Å². The molecular weight excluding hydrogens is 866 g/mol. The van der Waals surface area contributed by atoms with E-state index in [1.165, 1.54) is 13.4 Å². The Labute approximate surface area is 387 Å². The van der Waals surface area contributed by atoms with Crippen LogP contribution in [0.5, 0.6) is 0 Å². The summed E-state index contributed by atoms with van der Waals surface area (Å²) in [6.45, 7) is 14.1. The smallest absolute Gasteiger partial charge is 0.410 e. The first-order valence-corrected chi connectivity index (χ1v) is 23.6. The maximum Gasteiger partial charge on any atom is 0.410 e. The minimum absolute atomic E-state index is 0.112. The number of cyclic esters (lactones) is 1. The maximum absolute atomic E-state index is 14.6. The number of ether oxygens (including phenoxy) is 5. The number of aliphatic hydroxyl groups is 1. The minimum atomic E-state index is -1.74. The Morgan fingerprint density at radius 1 is 1.14 bits per heavy atom. The highest BCUT2D eigenvalue weighted by molar-refractivity contribution is 7.93. The summed E-state index contributed by atoms with van der Waals surface area (Å²) in [7, 11) is 5.22. The van der Waals surface area contributed by atoms with Gasteiger partial charge in [-0.05, 0) is 98.5 Å². The van der Waals surface area contributed by atoms with E-state index in [0.29, 0.717) is 56.7 Å². The Kier molecular flexibility index (Phi) is 19.6. The summed E-state index contributed by atoms with van der Waals surface area (Å²) in [5.74, 6) is -6.13. The highest BCUT2D eigenvalue weighted by Crippen LogP contribution is 2.40. The molecule has 13 atom stereocenters. The number of carbonyl (C=O) groups is 4. The van der Waals surface area contributed by atoms with Gasteiger partial charge in [-0.1, -0.05) is 38.1 Å². The monoisotopic (exact) mass is 937 g/mol. The highest BCUT2D eigenvalue weighted by Gasteiger charge is 2.59. The highest BCUT2D eigenvalue weighted by atomic mass is 32.2. The van der Waals surface area contributed by atoms with E-state index in [1.54, 1.807) is 43.3 Å². The summed E-state index contributed by atoms with van der Waals surface area (Å²) in [5, 5.41) is 33.7. The van der Waals surface area contributed by atoms with Crippen LogP contribution in [0.2, 0.25) is 0 Å². The zero-order valence-corrected chi connectivity index (χ0v) is 40.6. The SMILES string of the molecule is CC[C@H]1OC(=O)[C@H](CC(=O)O)C(=O)[C@H](C)[C@@H](O[C@@H]2O[C@H](C)CC(N(C)C)C2O)[C@](C)(OC)C[C@@H](C)CN[C@H](C)[C@H]2N(CCCCn3cc(-c4cccc(N)c4)nn3)C(=O)O[C@]12C.CSF. The number of aliphatic hydroxyl groups excluding tert-OH is 1. The van der Waals surface area contributed by atoms with E-state index in [9.17, 15) is 33.3 Å². The summed E-state index contributed by atoms with van der Waals surface area (Å²) in [6, 6.07) is 6.07. The molecule has 0 radical (unpaired) electrons. The van der Waals surface area contributed by atoms with Crippen molar-refractivity contribution in [3.8, 4) is 11.3 Å². The van der Waals surface area contributed by atoms with Crippen molar-refractivity contribution in [2.24, 2.45) is 17.8 Å². The predicted octanol–water partition coefficient (Wildman–Crippen LogP) is 4.97. The van der Waals surface area contributed by atoms with Crippen LogP contribution in [0.15, 0.2) is 30.5 Å². The van der Waals surface area contributed by atoms with Crippen LogP contribution >= 0.6 is 12.1 Å². The molecule has 1 amide bonds. The average molecular weight is 938 g/mol. The molecule has 20 heteroatoms. The summed E-state index contributed by atoms with van der Waals surface area (Å²) in [6.07, 6.45) is -0.549. The van der Waals surface area contributed by atoms with Gasteiger partial charge in [-0.15, -0.1) is 5.10 Å². The van der Waals surface area contributed by atoms with Crippen LogP contribution < -0.4 is 11.1 Å². The molecule has 0 saturated carbocycles. The van der Waals surface area contributed by atoms with Gasteiger partial charge in [0.2, 0.25) is 0 Å². The van der Waals surface area contributed by atoms with Crippen molar-refractivity contribution in [3.05, 3.63) is 30.5 Å². The first-order chi connectivity index (χ1) is 30.6. The second kappa shape index (κ2) is 23.7. The number of carbonyl (C=O) groups excluding carboxylic acids is 3. The summed E-state index contributed by atoms with van der Waals surface area (Å²) in [4.78, 5) is 58.7. The Bertz CT molecular complexity index is 1900. The quantitative estimate of drug-likeness (QED) is 0.0899. The normalized spacial score (nSPS) is 33.8. The number of ketones is 1. The number of nitrogen functional groups attached to an aromatic ring is 1. The van der Waals surface area contributed by atoms with E-state index < -0.39 is 90.0 Å². The van der Waals surface area contributed by atoms with Gasteiger partial charge in [0.1, 0.15) is 23.8 Å². The van der Waals surface area contributed by atoms with Crippen LogP contribution in [-0.4, -0.2) is 159 Å². The lowest BCUT2D eigenvalue weighted by Gasteiger charge is -2.46. The Morgan fingerprint density at radius 2 is 1.82 bits per heavy atom. The number of aromatic nitrogens is 3. The van der Waals surface area contributed by atoms with E-state index >= 15 is 0 Å². The largest absolute Gasteiger partial charge is 0.481 e. The number of nitrogens with two attached hydrogens (primary N) is 1. The number of nitrogens with one attached hydrogen (secondary N) is 1. The van der Waals surface area contributed by atoms with E-state index in [4.69, 9.17) is 29.4 Å². The van der Waals surface area contributed by atoms with E-state index in [1.807, 2.05) is 64.2 Å². The molecule has 5 N–H and O–H groups in total. The van der Waals surface area contributed by atoms with Gasteiger partial charge in [-0.25, -0.2) is 4.79 Å². The van der Waals surface area contributed by atoms with Crippen molar-refractivity contribution < 1.29 is 57.0 Å². The number of carboxylic acids is 1. The summed E-state index contributed by atoms with van der Waals surface area (Å²) >= 11 is 0.250. The second-order valence-corrected chi connectivity index (χ2v) is 18.7. The molecule has 65 heavy (non-hydrogen) atoms. The fourth-order valence-electron chi connectivity index (χ4n) is 9.71. The molecule has 3 fully saturated rings. The number of amides is 1. The van der Waals surface area contributed by atoms with Crippen molar-refractivity contribution in [1.82, 2.24) is 30.1 Å². The van der Waals surface area contributed by atoms with Gasteiger partial charge in [-0.3, -0.25) is 24.0 Å². The van der Waals surface area contributed by atoms with Crippen LogP contribution in [0.4, 0.5) is 14.4 Å². The summed E-state index contributed by atoms with van der Waals surface area (Å²) in [5.41, 5.74) is 5.55. The molecule has 2 unspecified atom stereocenters. The molecule has 366 valence electrons. The number of likely N-dealkylation sites (N-methyl/N-ethyl adjacent to an activating group) is 1. The number of methoxy groups -OCH3 is 1. The van der Waals surface area contributed by atoms with E-state index in [-0.39, 0.29) is 36.6 Å². The van der Waals surface area contributed by atoms with Crippen LogP contribution in [0.1, 0.15) is 87.0 Å². The summed E-state index contributed by atoms with van der Waals surface area (Å²) < 4.78 is 43.3. The number of unbranched alkanes of at least 4 members (excludes halogenated alkanes) is 1. The van der Waals surface area contributed by atoms with Crippen molar-refractivity contribution in [3.63, 3.8) is 0 Å². The van der Waals surface area contributed by atoms with Gasteiger partial charge in [0, 0.05) is 67.9 Å². The van der Waals surface area contributed by atoms with Gasteiger partial charge in [0.25, 0.3) is 0 Å². The van der Waals surface area contributed by atoms with E-state index in [0.717, 1.165) is 5.56 Å². The number of hydrogen-bond donors (Lipinski definition) is 4. The third-order valence-corrected chi connectivity index (χ3v) is 13.0. The Morgan fingerprint density at radius 3 is 2.43 bits per heavy atom. The molecule has 3 saturated heterocycles. The molecule has 4 heterocycles. The number of Topliss-reactive ketones (excluding diaryl/α,β-unsaturated/α-hetero) is 1. The number of fused-ring (bicyclic) bond motifs is 1. The number of anilines is 1. The molecule has 0 spiro atoms. The van der Waals surface area contributed by atoms with Crippen molar-refractivity contribution in [2.45, 2.75) is 154 Å².